The van der Waals surface area contributed by atoms with Gasteiger partial charge in [0.15, 0.2) is 14.9 Å². The Morgan fingerprint density at radius 2 is 1.79 bits per heavy atom. The maximum Gasteiger partial charge on any atom is 0.255 e. The van der Waals surface area contributed by atoms with E-state index in [1.807, 2.05) is 0 Å². The minimum atomic E-state index is -3.40. The van der Waals surface area contributed by atoms with Crippen LogP contribution >= 0.6 is 0 Å². The van der Waals surface area contributed by atoms with Gasteiger partial charge in [-0.1, -0.05) is 19.1 Å². The molecule has 3 rings (SSSR count). The van der Waals surface area contributed by atoms with E-state index in [0.29, 0.717) is 28.3 Å². The fourth-order valence-corrected chi connectivity index (χ4v) is 3.23. The molecule has 0 saturated carbocycles. The fourth-order valence-electron chi connectivity index (χ4n) is 2.49. The van der Waals surface area contributed by atoms with Crippen molar-refractivity contribution in [3.8, 4) is 17.0 Å². The standard InChI is InChI=1S/C20H19N3O4S/c1-3-28(25,26)19-12-11-18(22-23-19)15-5-4-6-16(13-15)21-20(24)14-7-9-17(27-2)10-8-14/h4-13H,3H2,1-2H3,(H,21,24). The third-order valence-electron chi connectivity index (χ3n) is 4.11. The summed E-state index contributed by atoms with van der Waals surface area (Å²) in [7, 11) is -1.83. The third kappa shape index (κ3) is 4.34. The van der Waals surface area contributed by atoms with Crippen LogP contribution in [0, 0.1) is 0 Å². The summed E-state index contributed by atoms with van der Waals surface area (Å²) in [6.07, 6.45) is 0. The Kier molecular flexibility index (Phi) is 5.70. The van der Waals surface area contributed by atoms with Crippen LogP contribution in [-0.2, 0) is 9.84 Å². The summed E-state index contributed by atoms with van der Waals surface area (Å²) in [6.45, 7) is 1.56. The van der Waals surface area contributed by atoms with Crippen LogP contribution in [0.3, 0.4) is 0 Å². The van der Waals surface area contributed by atoms with E-state index in [-0.39, 0.29) is 16.7 Å². The summed E-state index contributed by atoms with van der Waals surface area (Å²) >= 11 is 0. The van der Waals surface area contributed by atoms with Crippen molar-refractivity contribution >= 4 is 21.4 Å². The number of anilines is 1. The number of ether oxygens (including phenoxy) is 1. The zero-order valence-corrected chi connectivity index (χ0v) is 16.2. The van der Waals surface area contributed by atoms with Gasteiger partial charge in [0.1, 0.15) is 5.75 Å². The predicted molar refractivity (Wildman–Crippen MR) is 106 cm³/mol. The highest BCUT2D eigenvalue weighted by Crippen LogP contribution is 2.22. The molecule has 8 heteroatoms. The van der Waals surface area contributed by atoms with Crippen molar-refractivity contribution in [2.24, 2.45) is 0 Å². The molecule has 28 heavy (non-hydrogen) atoms. The molecule has 7 nitrogen and oxygen atoms in total. The number of rotatable bonds is 6. The van der Waals surface area contributed by atoms with E-state index >= 15 is 0 Å². The molecule has 1 amide bonds. The van der Waals surface area contributed by atoms with Crippen molar-refractivity contribution in [1.82, 2.24) is 10.2 Å². The molecule has 0 spiro atoms. The summed E-state index contributed by atoms with van der Waals surface area (Å²) in [5, 5.41) is 10.6. The summed E-state index contributed by atoms with van der Waals surface area (Å²) in [6, 6.07) is 16.9. The number of benzene rings is 2. The Morgan fingerprint density at radius 3 is 2.39 bits per heavy atom. The number of carbonyl (C=O) groups excluding carboxylic acids is 1. The number of amides is 1. The second-order valence-corrected chi connectivity index (χ2v) is 8.15. The van der Waals surface area contributed by atoms with Gasteiger partial charge in [-0.2, -0.15) is 0 Å². The van der Waals surface area contributed by atoms with Gasteiger partial charge in [0.25, 0.3) is 5.91 Å². The molecule has 0 aliphatic carbocycles. The summed E-state index contributed by atoms with van der Waals surface area (Å²) in [5.41, 5.74) is 2.31. The molecule has 0 aliphatic heterocycles. The lowest BCUT2D eigenvalue weighted by Gasteiger charge is -2.08. The number of nitrogens with zero attached hydrogens (tertiary/aromatic N) is 2. The van der Waals surface area contributed by atoms with E-state index in [1.165, 1.54) is 6.07 Å². The third-order valence-corrected chi connectivity index (χ3v) is 5.72. The molecule has 144 valence electrons. The van der Waals surface area contributed by atoms with Gasteiger partial charge in [0.05, 0.1) is 18.6 Å². The Hall–Kier alpha value is -3.26. The summed E-state index contributed by atoms with van der Waals surface area (Å²) in [4.78, 5) is 12.4. The zero-order valence-electron chi connectivity index (χ0n) is 15.4. The van der Waals surface area contributed by atoms with Crippen LogP contribution in [0.5, 0.6) is 5.75 Å². The van der Waals surface area contributed by atoms with Gasteiger partial charge in [-0.15, -0.1) is 10.2 Å². The van der Waals surface area contributed by atoms with Gasteiger partial charge in [0, 0.05) is 16.8 Å². The number of carbonyl (C=O) groups is 1. The molecule has 0 fully saturated rings. The molecule has 0 atom stereocenters. The normalized spacial score (nSPS) is 11.1. The van der Waals surface area contributed by atoms with Crippen molar-refractivity contribution < 1.29 is 17.9 Å². The maximum absolute atomic E-state index is 12.4. The lowest BCUT2D eigenvalue weighted by atomic mass is 10.1. The Balaban J connectivity index is 1.79. The Labute approximate surface area is 163 Å². The van der Waals surface area contributed by atoms with Crippen LogP contribution in [0.4, 0.5) is 5.69 Å². The quantitative estimate of drug-likeness (QED) is 0.686. The van der Waals surface area contributed by atoms with E-state index in [2.05, 4.69) is 15.5 Å². The van der Waals surface area contributed by atoms with Crippen LogP contribution < -0.4 is 10.1 Å². The molecule has 0 saturated heterocycles. The lowest BCUT2D eigenvalue weighted by molar-refractivity contribution is 0.102. The molecule has 0 unspecified atom stereocenters. The molecular formula is C20H19N3O4S. The molecule has 0 radical (unpaired) electrons. The highest BCUT2D eigenvalue weighted by atomic mass is 32.2. The second kappa shape index (κ2) is 8.18. The number of methoxy groups -OCH3 is 1. The van der Waals surface area contributed by atoms with Crippen LogP contribution in [-0.4, -0.2) is 37.4 Å². The van der Waals surface area contributed by atoms with E-state index in [9.17, 15) is 13.2 Å². The maximum atomic E-state index is 12.4. The van der Waals surface area contributed by atoms with E-state index in [1.54, 1.807) is 68.6 Å². The predicted octanol–water partition coefficient (Wildman–Crippen LogP) is 3.20. The van der Waals surface area contributed by atoms with Crippen LogP contribution in [0.15, 0.2) is 65.7 Å². The van der Waals surface area contributed by atoms with Crippen LogP contribution in [0.2, 0.25) is 0 Å². The first-order valence-electron chi connectivity index (χ1n) is 8.55. The number of sulfone groups is 1. The first-order chi connectivity index (χ1) is 13.4. The van der Waals surface area contributed by atoms with Gasteiger partial charge in [-0.25, -0.2) is 8.42 Å². The molecule has 0 bridgehead atoms. The number of aromatic nitrogens is 2. The molecule has 2 aromatic carbocycles. The van der Waals surface area contributed by atoms with Crippen LogP contribution in [0.25, 0.3) is 11.3 Å². The zero-order chi connectivity index (χ0) is 20.1. The Morgan fingerprint density at radius 1 is 1.04 bits per heavy atom. The lowest BCUT2D eigenvalue weighted by Crippen LogP contribution is -2.11. The SMILES string of the molecule is CCS(=O)(=O)c1ccc(-c2cccc(NC(=O)c3ccc(OC)cc3)c2)nn1. The number of hydrogen-bond donors (Lipinski definition) is 1. The average molecular weight is 397 g/mol. The minimum Gasteiger partial charge on any atom is -0.497 e. The van der Waals surface area contributed by atoms with Crippen molar-refractivity contribution in [3.05, 3.63) is 66.2 Å². The van der Waals surface area contributed by atoms with Gasteiger partial charge in [-0.05, 0) is 48.5 Å². The first kappa shape index (κ1) is 19.5. The highest BCUT2D eigenvalue weighted by Gasteiger charge is 2.14. The van der Waals surface area contributed by atoms with E-state index in [4.69, 9.17) is 4.74 Å². The second-order valence-electron chi connectivity index (χ2n) is 5.92. The molecule has 1 aromatic heterocycles. The largest absolute Gasteiger partial charge is 0.497 e. The fraction of sp³-hybridized carbons (Fsp3) is 0.150. The van der Waals surface area contributed by atoms with Gasteiger partial charge in [-0.3, -0.25) is 4.79 Å². The van der Waals surface area contributed by atoms with Crippen molar-refractivity contribution in [1.29, 1.82) is 0 Å². The topological polar surface area (TPSA) is 98.2 Å². The molecular weight excluding hydrogens is 378 g/mol. The summed E-state index contributed by atoms with van der Waals surface area (Å²) < 4.78 is 28.8. The van der Waals surface area contributed by atoms with Gasteiger partial charge < -0.3 is 10.1 Å². The first-order valence-corrected chi connectivity index (χ1v) is 10.2. The van der Waals surface area contributed by atoms with Crippen molar-refractivity contribution in [2.75, 3.05) is 18.2 Å². The van der Waals surface area contributed by atoms with Crippen LogP contribution in [0.1, 0.15) is 17.3 Å². The molecule has 1 N–H and O–H groups in total. The Bertz CT molecular complexity index is 1080. The smallest absolute Gasteiger partial charge is 0.255 e. The molecule has 1 heterocycles. The number of nitrogens with one attached hydrogen (secondary N) is 1. The van der Waals surface area contributed by atoms with E-state index < -0.39 is 9.84 Å². The van der Waals surface area contributed by atoms with Gasteiger partial charge >= 0.3 is 0 Å². The molecule has 3 aromatic rings. The van der Waals surface area contributed by atoms with E-state index in [0.717, 1.165) is 0 Å². The van der Waals surface area contributed by atoms with Crippen molar-refractivity contribution in [2.45, 2.75) is 11.9 Å². The monoisotopic (exact) mass is 397 g/mol. The number of hydrogen-bond acceptors (Lipinski definition) is 6. The summed E-state index contributed by atoms with van der Waals surface area (Å²) in [5.74, 6) is 0.384. The molecule has 0 aliphatic rings. The minimum absolute atomic E-state index is 0.0338. The highest BCUT2D eigenvalue weighted by molar-refractivity contribution is 7.91. The van der Waals surface area contributed by atoms with Gasteiger partial charge in [0.2, 0.25) is 0 Å². The van der Waals surface area contributed by atoms with Crippen molar-refractivity contribution in [3.63, 3.8) is 0 Å². The average Bonchev–Trinajstić information content (AvgIpc) is 2.74.